The van der Waals surface area contributed by atoms with E-state index in [4.69, 9.17) is 0 Å². The molecule has 2 rings (SSSR count). The van der Waals surface area contributed by atoms with Crippen molar-refractivity contribution in [2.24, 2.45) is 0 Å². The van der Waals surface area contributed by atoms with Gasteiger partial charge < -0.3 is 0 Å². The predicted octanol–water partition coefficient (Wildman–Crippen LogP) is 4.62. The molecule has 0 aliphatic carbocycles. The number of benzene rings is 2. The first-order valence-electron chi connectivity index (χ1n) is 5.92. The van der Waals surface area contributed by atoms with Crippen LogP contribution in [0.1, 0.15) is 27.8 Å². The van der Waals surface area contributed by atoms with Crippen molar-refractivity contribution in [2.45, 2.75) is 20.8 Å². The molecule has 0 heterocycles. The first-order chi connectivity index (χ1) is 8.56. The summed E-state index contributed by atoms with van der Waals surface area (Å²) in [6.45, 7) is 6.35. The van der Waals surface area contributed by atoms with Gasteiger partial charge in [-0.1, -0.05) is 24.0 Å². The summed E-state index contributed by atoms with van der Waals surface area (Å²) < 4.78 is 1.22. The van der Waals surface area contributed by atoms with Crippen molar-refractivity contribution in [1.29, 1.82) is 0 Å². The summed E-state index contributed by atoms with van der Waals surface area (Å²) in [5.74, 6) is 6.50. The Morgan fingerprint density at radius 2 is 1.61 bits per heavy atom. The molecule has 0 atom stereocenters. The van der Waals surface area contributed by atoms with Gasteiger partial charge >= 0.3 is 0 Å². The third kappa shape index (κ3) is 3.14. The smallest absolute Gasteiger partial charge is 0.0385 e. The van der Waals surface area contributed by atoms with Crippen LogP contribution in [0.5, 0.6) is 0 Å². The van der Waals surface area contributed by atoms with Crippen LogP contribution in [-0.4, -0.2) is 0 Å². The molecule has 90 valence electrons. The fourth-order valence-electron chi connectivity index (χ4n) is 1.74. The molecule has 0 unspecified atom stereocenters. The minimum Gasteiger partial charge on any atom is -0.0616 e. The molecule has 0 bridgehead atoms. The van der Waals surface area contributed by atoms with Gasteiger partial charge in [-0.25, -0.2) is 0 Å². The topological polar surface area (TPSA) is 0 Å². The van der Waals surface area contributed by atoms with Crippen molar-refractivity contribution in [3.8, 4) is 11.8 Å². The van der Waals surface area contributed by atoms with E-state index in [-0.39, 0.29) is 0 Å². The molecule has 18 heavy (non-hydrogen) atoms. The maximum Gasteiger partial charge on any atom is 0.0385 e. The van der Waals surface area contributed by atoms with Crippen LogP contribution in [0.15, 0.2) is 36.4 Å². The summed E-state index contributed by atoms with van der Waals surface area (Å²) in [6, 6.07) is 12.7. The standard InChI is InChI=1S/C17H15I/c1-12-5-4-6-15(9-12)7-8-16-10-13(2)14(3)11-17(16)18/h4-6,9-11H,1-3H3. The van der Waals surface area contributed by atoms with Gasteiger partial charge in [-0.05, 0) is 84.3 Å². The summed E-state index contributed by atoms with van der Waals surface area (Å²) in [7, 11) is 0. The van der Waals surface area contributed by atoms with Crippen molar-refractivity contribution in [2.75, 3.05) is 0 Å². The zero-order chi connectivity index (χ0) is 13.1. The van der Waals surface area contributed by atoms with Crippen LogP contribution in [0.25, 0.3) is 0 Å². The van der Waals surface area contributed by atoms with E-state index in [1.165, 1.54) is 20.3 Å². The van der Waals surface area contributed by atoms with Crippen LogP contribution in [0.3, 0.4) is 0 Å². The molecule has 2 aromatic rings. The van der Waals surface area contributed by atoms with Crippen LogP contribution in [0.2, 0.25) is 0 Å². The molecule has 2 aromatic carbocycles. The normalized spacial score (nSPS) is 9.78. The molecule has 0 nitrogen and oxygen atoms in total. The molecule has 0 N–H and O–H groups in total. The molecule has 0 fully saturated rings. The number of hydrogen-bond acceptors (Lipinski definition) is 0. The highest BCUT2D eigenvalue weighted by Gasteiger charge is 2.00. The Kier molecular flexibility index (Phi) is 4.08. The Balaban J connectivity index is 2.38. The van der Waals surface area contributed by atoms with Crippen molar-refractivity contribution in [1.82, 2.24) is 0 Å². The lowest BCUT2D eigenvalue weighted by Crippen LogP contribution is -1.88. The van der Waals surface area contributed by atoms with Crippen LogP contribution in [-0.2, 0) is 0 Å². The second-order valence-electron chi connectivity index (χ2n) is 4.54. The minimum absolute atomic E-state index is 1.07. The van der Waals surface area contributed by atoms with Crippen LogP contribution in [0, 0.1) is 36.2 Å². The largest absolute Gasteiger partial charge is 0.0616 e. The molecule has 0 radical (unpaired) electrons. The number of rotatable bonds is 0. The average Bonchev–Trinajstić information content (AvgIpc) is 2.32. The summed E-state index contributed by atoms with van der Waals surface area (Å²) >= 11 is 2.35. The highest BCUT2D eigenvalue weighted by molar-refractivity contribution is 14.1. The minimum atomic E-state index is 1.07. The lowest BCUT2D eigenvalue weighted by atomic mass is 10.1. The SMILES string of the molecule is Cc1cccc(C#Cc2cc(C)c(C)cc2I)c1. The first-order valence-corrected chi connectivity index (χ1v) is 6.99. The molecular formula is C17H15I. The second-order valence-corrected chi connectivity index (χ2v) is 5.70. The van der Waals surface area contributed by atoms with Gasteiger partial charge in [0.25, 0.3) is 0 Å². The zero-order valence-corrected chi connectivity index (χ0v) is 13.0. The highest BCUT2D eigenvalue weighted by atomic mass is 127. The average molecular weight is 346 g/mol. The van der Waals surface area contributed by atoms with E-state index >= 15 is 0 Å². The first kappa shape index (κ1) is 13.2. The molecule has 1 heteroatoms. The highest BCUT2D eigenvalue weighted by Crippen LogP contribution is 2.17. The summed E-state index contributed by atoms with van der Waals surface area (Å²) in [6.07, 6.45) is 0. The van der Waals surface area contributed by atoms with E-state index in [9.17, 15) is 0 Å². The van der Waals surface area contributed by atoms with E-state index in [2.05, 4.69) is 79.5 Å². The van der Waals surface area contributed by atoms with E-state index in [1.54, 1.807) is 0 Å². The Morgan fingerprint density at radius 3 is 2.33 bits per heavy atom. The summed E-state index contributed by atoms with van der Waals surface area (Å²) in [5.41, 5.74) is 6.05. The Bertz CT molecular complexity index is 642. The van der Waals surface area contributed by atoms with Crippen LogP contribution >= 0.6 is 22.6 Å². The second kappa shape index (κ2) is 5.58. The van der Waals surface area contributed by atoms with Crippen LogP contribution < -0.4 is 0 Å². The van der Waals surface area contributed by atoms with Crippen molar-refractivity contribution < 1.29 is 0 Å². The molecule has 0 aliphatic heterocycles. The fourth-order valence-corrected chi connectivity index (χ4v) is 2.50. The fraction of sp³-hybridized carbons (Fsp3) is 0.176. The molecule has 0 aromatic heterocycles. The van der Waals surface area contributed by atoms with E-state index < -0.39 is 0 Å². The summed E-state index contributed by atoms with van der Waals surface area (Å²) in [4.78, 5) is 0. The van der Waals surface area contributed by atoms with E-state index in [0.29, 0.717) is 0 Å². The molecule has 0 amide bonds. The molecular weight excluding hydrogens is 331 g/mol. The van der Waals surface area contributed by atoms with Gasteiger partial charge in [0, 0.05) is 14.7 Å². The quantitative estimate of drug-likeness (QED) is 0.483. The third-order valence-corrected chi connectivity index (χ3v) is 3.84. The number of halogens is 1. The summed E-state index contributed by atoms with van der Waals surface area (Å²) in [5, 5.41) is 0. The number of aryl methyl sites for hydroxylation is 3. The monoisotopic (exact) mass is 346 g/mol. The Labute approximate surface area is 123 Å². The third-order valence-electron chi connectivity index (χ3n) is 2.94. The lowest BCUT2D eigenvalue weighted by Gasteiger charge is -2.03. The van der Waals surface area contributed by atoms with Crippen molar-refractivity contribution in [3.63, 3.8) is 0 Å². The van der Waals surface area contributed by atoms with Gasteiger partial charge in [-0.2, -0.15) is 0 Å². The van der Waals surface area contributed by atoms with Gasteiger partial charge in [-0.15, -0.1) is 0 Å². The predicted molar refractivity (Wildman–Crippen MR) is 85.8 cm³/mol. The van der Waals surface area contributed by atoms with E-state index in [0.717, 1.165) is 11.1 Å². The number of hydrogen-bond donors (Lipinski definition) is 0. The van der Waals surface area contributed by atoms with Crippen molar-refractivity contribution in [3.05, 3.63) is 67.8 Å². The van der Waals surface area contributed by atoms with E-state index in [1.807, 2.05) is 12.1 Å². The van der Waals surface area contributed by atoms with Gasteiger partial charge in [0.1, 0.15) is 0 Å². The van der Waals surface area contributed by atoms with Crippen LogP contribution in [0.4, 0.5) is 0 Å². The van der Waals surface area contributed by atoms with Gasteiger partial charge in [0.15, 0.2) is 0 Å². The van der Waals surface area contributed by atoms with Crippen molar-refractivity contribution >= 4 is 22.6 Å². The molecule has 0 saturated carbocycles. The maximum absolute atomic E-state index is 3.27. The molecule has 0 aliphatic rings. The molecule has 0 spiro atoms. The van der Waals surface area contributed by atoms with Gasteiger partial charge in [0.05, 0.1) is 0 Å². The van der Waals surface area contributed by atoms with Gasteiger partial charge in [0.2, 0.25) is 0 Å². The Morgan fingerprint density at radius 1 is 0.889 bits per heavy atom. The molecule has 0 saturated heterocycles. The van der Waals surface area contributed by atoms with Gasteiger partial charge in [-0.3, -0.25) is 0 Å². The zero-order valence-electron chi connectivity index (χ0n) is 10.8. The Hall–Kier alpha value is -1.27. The maximum atomic E-state index is 3.27. The lowest BCUT2D eigenvalue weighted by molar-refractivity contribution is 1.32.